The minimum atomic E-state index is -3.26. The molecule has 0 fully saturated rings. The third-order valence-corrected chi connectivity index (χ3v) is 6.27. The minimum Gasteiger partial charge on any atom is -0.484 e. The fraction of sp³-hybridized carbons (Fsp3) is 0.200. The average molecular weight is 432 g/mol. The van der Waals surface area contributed by atoms with E-state index in [9.17, 15) is 13.2 Å². The molecule has 1 aliphatic rings. The van der Waals surface area contributed by atoms with Gasteiger partial charge in [0, 0.05) is 10.6 Å². The van der Waals surface area contributed by atoms with Gasteiger partial charge in [-0.1, -0.05) is 29.8 Å². The lowest BCUT2D eigenvalue weighted by molar-refractivity contribution is -0.118. The number of sulfone groups is 1. The molecule has 0 bridgehead atoms. The number of anilines is 1. The zero-order valence-electron chi connectivity index (χ0n) is 15.6. The van der Waals surface area contributed by atoms with Crippen molar-refractivity contribution in [2.24, 2.45) is 0 Å². The molecule has 0 atom stereocenters. The summed E-state index contributed by atoms with van der Waals surface area (Å²) in [6.07, 6.45) is 0. The van der Waals surface area contributed by atoms with Gasteiger partial charge in [-0.05, 0) is 42.8 Å². The number of amides is 1. The second-order valence-electron chi connectivity index (χ2n) is 6.80. The summed E-state index contributed by atoms with van der Waals surface area (Å²) in [7, 11) is -3.26. The van der Waals surface area contributed by atoms with Crippen molar-refractivity contribution in [3.05, 3.63) is 70.4 Å². The van der Waals surface area contributed by atoms with Crippen LogP contribution in [0.2, 0.25) is 5.02 Å². The van der Waals surface area contributed by atoms with Crippen LogP contribution in [-0.2, 0) is 26.1 Å². The predicted octanol–water partition coefficient (Wildman–Crippen LogP) is 3.28. The fourth-order valence-corrected chi connectivity index (χ4v) is 4.81. The van der Waals surface area contributed by atoms with E-state index in [0.717, 1.165) is 11.3 Å². The largest absolute Gasteiger partial charge is 0.484 e. The maximum Gasteiger partial charge on any atom is 0.263 e. The molecular formula is C20H18ClN3O4S. The van der Waals surface area contributed by atoms with Crippen molar-refractivity contribution in [1.82, 2.24) is 9.78 Å². The number of hydrogen-bond donors (Lipinski definition) is 1. The van der Waals surface area contributed by atoms with Crippen LogP contribution in [0.15, 0.2) is 48.5 Å². The topological polar surface area (TPSA) is 90.3 Å². The first-order valence-corrected chi connectivity index (χ1v) is 11.1. The molecule has 1 amide bonds. The highest BCUT2D eigenvalue weighted by Crippen LogP contribution is 2.33. The Balaban J connectivity index is 1.61. The molecule has 0 aliphatic carbocycles. The van der Waals surface area contributed by atoms with Crippen LogP contribution in [0.1, 0.15) is 16.8 Å². The van der Waals surface area contributed by atoms with Crippen LogP contribution in [0.25, 0.3) is 5.69 Å². The highest BCUT2D eigenvalue weighted by atomic mass is 35.5. The van der Waals surface area contributed by atoms with Crippen LogP contribution in [-0.4, -0.2) is 30.7 Å². The number of benzene rings is 2. The monoisotopic (exact) mass is 431 g/mol. The zero-order chi connectivity index (χ0) is 20.6. The van der Waals surface area contributed by atoms with Gasteiger partial charge in [-0.25, -0.2) is 13.1 Å². The molecule has 7 nitrogen and oxygen atoms in total. The molecule has 1 aliphatic heterocycles. The molecule has 1 aromatic heterocycles. The maximum atomic E-state index is 12.5. The molecule has 0 saturated heterocycles. The molecular weight excluding hydrogens is 414 g/mol. The number of ether oxygens (including phenoxy) is 1. The second-order valence-corrected chi connectivity index (χ2v) is 9.30. The number of hydrogen-bond acceptors (Lipinski definition) is 5. The van der Waals surface area contributed by atoms with Crippen LogP contribution in [0.4, 0.5) is 5.82 Å². The van der Waals surface area contributed by atoms with Gasteiger partial charge in [0.15, 0.2) is 16.4 Å². The summed E-state index contributed by atoms with van der Waals surface area (Å²) in [5.74, 6) is 0.166. The first kappa shape index (κ1) is 19.5. The number of nitrogens with zero attached hydrogens (tertiary/aromatic N) is 2. The number of nitrogens with one attached hydrogen (secondary N) is 1. The van der Waals surface area contributed by atoms with Crippen LogP contribution in [0.3, 0.4) is 0 Å². The molecule has 2 heterocycles. The lowest BCUT2D eigenvalue weighted by Gasteiger charge is -2.13. The number of aromatic nitrogens is 2. The van der Waals surface area contributed by atoms with Gasteiger partial charge in [-0.15, -0.1) is 0 Å². The zero-order valence-corrected chi connectivity index (χ0v) is 17.1. The Hall–Kier alpha value is -2.84. The van der Waals surface area contributed by atoms with Crippen LogP contribution in [0.5, 0.6) is 5.75 Å². The van der Waals surface area contributed by atoms with E-state index in [1.165, 1.54) is 0 Å². The molecule has 1 N–H and O–H groups in total. The highest BCUT2D eigenvalue weighted by Gasteiger charge is 2.33. The average Bonchev–Trinajstić information content (AvgIpc) is 3.14. The summed E-state index contributed by atoms with van der Waals surface area (Å²) in [5.41, 5.74) is 2.70. The van der Waals surface area contributed by atoms with Gasteiger partial charge in [0.25, 0.3) is 5.91 Å². The van der Waals surface area contributed by atoms with E-state index in [0.29, 0.717) is 27.8 Å². The number of carbonyl (C=O) groups excluding carboxylic acids is 1. The van der Waals surface area contributed by atoms with Gasteiger partial charge in [0.2, 0.25) is 0 Å². The number of halogens is 1. The van der Waals surface area contributed by atoms with Gasteiger partial charge in [0.05, 0.1) is 22.9 Å². The van der Waals surface area contributed by atoms with Crippen molar-refractivity contribution in [2.45, 2.75) is 18.4 Å². The van der Waals surface area contributed by atoms with E-state index >= 15 is 0 Å². The molecule has 29 heavy (non-hydrogen) atoms. The molecule has 9 heteroatoms. The smallest absolute Gasteiger partial charge is 0.263 e. The normalized spacial score (nSPS) is 14.4. The summed E-state index contributed by atoms with van der Waals surface area (Å²) in [5, 5.41) is 7.82. The van der Waals surface area contributed by atoms with Crippen LogP contribution < -0.4 is 10.1 Å². The van der Waals surface area contributed by atoms with E-state index in [1.807, 2.05) is 31.2 Å². The fourth-order valence-electron chi connectivity index (χ4n) is 3.19. The SMILES string of the molecule is Cc1ccccc1-n1nc2c(c1NC(=O)COc1ccc(Cl)cc1)CS(=O)(=O)C2. The van der Waals surface area contributed by atoms with Crippen molar-refractivity contribution in [3.8, 4) is 11.4 Å². The Morgan fingerprint density at radius 3 is 2.62 bits per heavy atom. The molecule has 2 aromatic carbocycles. The minimum absolute atomic E-state index is 0.134. The third kappa shape index (κ3) is 4.13. The molecule has 0 saturated carbocycles. The van der Waals surface area contributed by atoms with E-state index in [-0.39, 0.29) is 18.1 Å². The Bertz CT molecular complexity index is 1190. The lowest BCUT2D eigenvalue weighted by atomic mass is 10.2. The Morgan fingerprint density at radius 2 is 1.90 bits per heavy atom. The van der Waals surface area contributed by atoms with Crippen molar-refractivity contribution >= 4 is 33.2 Å². The summed E-state index contributed by atoms with van der Waals surface area (Å²) < 4.78 is 31.2. The number of carbonyl (C=O) groups is 1. The van der Waals surface area contributed by atoms with Crippen molar-refractivity contribution in [1.29, 1.82) is 0 Å². The molecule has 0 radical (unpaired) electrons. The van der Waals surface area contributed by atoms with E-state index in [4.69, 9.17) is 16.3 Å². The second kappa shape index (κ2) is 7.53. The highest BCUT2D eigenvalue weighted by molar-refractivity contribution is 7.90. The molecule has 4 rings (SSSR count). The molecule has 0 unspecified atom stereocenters. The van der Waals surface area contributed by atoms with E-state index in [2.05, 4.69) is 10.4 Å². The number of aryl methyl sites for hydroxylation is 1. The standard InChI is InChI=1S/C20H18ClN3O4S/c1-13-4-2-3-5-18(13)24-20(16-11-29(26,27)12-17(16)23-24)22-19(25)10-28-15-8-6-14(21)7-9-15/h2-9H,10-12H2,1H3,(H,22,25). The first-order chi connectivity index (χ1) is 13.8. The molecule has 3 aromatic rings. The van der Waals surface area contributed by atoms with Gasteiger partial charge < -0.3 is 10.1 Å². The number of fused-ring (bicyclic) bond motifs is 1. The van der Waals surface area contributed by atoms with Crippen LogP contribution >= 0.6 is 11.6 Å². The van der Waals surface area contributed by atoms with Crippen molar-refractivity contribution in [3.63, 3.8) is 0 Å². The van der Waals surface area contributed by atoms with Crippen molar-refractivity contribution < 1.29 is 17.9 Å². The Labute approximate surface area is 173 Å². The first-order valence-electron chi connectivity index (χ1n) is 8.88. The third-order valence-electron chi connectivity index (χ3n) is 4.57. The van der Waals surface area contributed by atoms with Gasteiger partial charge in [-0.2, -0.15) is 5.10 Å². The molecule has 150 valence electrons. The lowest BCUT2D eigenvalue weighted by Crippen LogP contribution is -2.23. The van der Waals surface area contributed by atoms with Gasteiger partial charge in [0.1, 0.15) is 11.6 Å². The predicted molar refractivity (Wildman–Crippen MR) is 110 cm³/mol. The van der Waals surface area contributed by atoms with Crippen LogP contribution in [0, 0.1) is 6.92 Å². The Morgan fingerprint density at radius 1 is 1.17 bits per heavy atom. The summed E-state index contributed by atoms with van der Waals surface area (Å²) in [6, 6.07) is 14.2. The Kier molecular flexibility index (Phi) is 5.06. The van der Waals surface area contributed by atoms with E-state index < -0.39 is 15.7 Å². The molecule has 0 spiro atoms. The van der Waals surface area contributed by atoms with Gasteiger partial charge in [-0.3, -0.25) is 4.79 Å². The quantitative estimate of drug-likeness (QED) is 0.669. The maximum absolute atomic E-state index is 12.5. The summed E-state index contributed by atoms with van der Waals surface area (Å²) in [4.78, 5) is 12.5. The number of para-hydroxylation sites is 1. The van der Waals surface area contributed by atoms with Gasteiger partial charge >= 0.3 is 0 Å². The number of rotatable bonds is 5. The van der Waals surface area contributed by atoms with Crippen molar-refractivity contribution in [2.75, 3.05) is 11.9 Å². The van der Waals surface area contributed by atoms with E-state index in [1.54, 1.807) is 28.9 Å². The summed E-state index contributed by atoms with van der Waals surface area (Å²) >= 11 is 5.84. The summed E-state index contributed by atoms with van der Waals surface area (Å²) in [6.45, 7) is 1.69.